The number of halogens is 3. The van der Waals surface area contributed by atoms with E-state index < -0.39 is 29.7 Å². The molecule has 0 saturated carbocycles. The third-order valence-electron chi connectivity index (χ3n) is 5.56. The highest BCUT2D eigenvalue weighted by molar-refractivity contribution is 8.04. The quantitative estimate of drug-likeness (QED) is 0.475. The Kier molecular flexibility index (Phi) is 7.93. The smallest absolute Gasteiger partial charge is 0.492 e. The van der Waals surface area contributed by atoms with Gasteiger partial charge in [-0.15, -0.1) is 24.9 Å². The highest BCUT2D eigenvalue weighted by atomic mass is 32.2. The first-order chi connectivity index (χ1) is 16.3. The minimum atomic E-state index is -4.78. The molecule has 1 heterocycles. The van der Waals surface area contributed by atoms with Crippen LogP contribution in [0.3, 0.4) is 0 Å². The van der Waals surface area contributed by atoms with E-state index >= 15 is 0 Å². The second kappa shape index (κ2) is 10.4. The number of carbonyl (C=O) groups excluding carboxylic acids is 1. The van der Waals surface area contributed by atoms with Gasteiger partial charge in [0, 0.05) is 5.25 Å². The number of amides is 1. The van der Waals surface area contributed by atoms with E-state index in [1.165, 1.54) is 24.3 Å². The van der Waals surface area contributed by atoms with E-state index in [1.54, 1.807) is 38.6 Å². The normalized spacial score (nSPS) is 20.7. The molecule has 0 saturated heterocycles. The number of rotatable bonds is 8. The van der Waals surface area contributed by atoms with Crippen molar-refractivity contribution in [2.45, 2.75) is 58.4 Å². The fraction of sp³-hybridized carbons (Fsp3) is 0.440. The molecule has 1 aliphatic carbocycles. The zero-order valence-corrected chi connectivity index (χ0v) is 20.6. The monoisotopic (exact) mass is 511 g/mol. The first-order valence-electron chi connectivity index (χ1n) is 11.1. The molecule has 2 aliphatic rings. The Morgan fingerprint density at radius 2 is 1.83 bits per heavy atom. The Morgan fingerprint density at radius 3 is 2.37 bits per heavy atom. The highest BCUT2D eigenvalue weighted by Gasteiger charge is 2.38. The summed E-state index contributed by atoms with van der Waals surface area (Å²) in [6, 6.07) is 4.18. The Morgan fingerprint density at radius 1 is 1.17 bits per heavy atom. The van der Waals surface area contributed by atoms with Crippen LogP contribution in [0.5, 0.6) is 5.75 Å². The van der Waals surface area contributed by atoms with E-state index in [-0.39, 0.29) is 29.1 Å². The van der Waals surface area contributed by atoms with Gasteiger partial charge in [0.1, 0.15) is 24.2 Å². The number of ether oxygens (including phenoxy) is 2. The van der Waals surface area contributed by atoms with Crippen molar-refractivity contribution in [2.24, 2.45) is 11.3 Å². The van der Waals surface area contributed by atoms with Crippen LogP contribution in [0, 0.1) is 11.3 Å². The minimum Gasteiger partial charge on any atom is -0.492 e. The van der Waals surface area contributed by atoms with Crippen LogP contribution in [0.2, 0.25) is 0 Å². The Bertz CT molecular complexity index is 1050. The van der Waals surface area contributed by atoms with Crippen LogP contribution < -0.4 is 10.1 Å². The molecular formula is C25H28F3NO5S. The van der Waals surface area contributed by atoms with E-state index in [9.17, 15) is 27.9 Å². The molecule has 3 unspecified atom stereocenters. The van der Waals surface area contributed by atoms with Gasteiger partial charge in [-0.05, 0) is 40.5 Å². The van der Waals surface area contributed by atoms with Crippen LogP contribution in [-0.4, -0.2) is 34.6 Å². The predicted molar refractivity (Wildman–Crippen MR) is 126 cm³/mol. The second-order valence-corrected chi connectivity index (χ2v) is 10.6. The number of aliphatic carboxylic acids is 1. The molecule has 2 N–H and O–H groups in total. The number of carboxylic acids is 1. The lowest BCUT2D eigenvalue weighted by atomic mass is 9.86. The van der Waals surface area contributed by atoms with Crippen LogP contribution in [0.15, 0.2) is 58.7 Å². The molecule has 1 aromatic carbocycles. The molecule has 6 nitrogen and oxygen atoms in total. The first kappa shape index (κ1) is 26.7. The van der Waals surface area contributed by atoms with Gasteiger partial charge < -0.3 is 19.9 Å². The molecule has 3 atom stereocenters. The summed E-state index contributed by atoms with van der Waals surface area (Å²) in [6.45, 7) is 7.21. The Hall–Kier alpha value is -2.88. The van der Waals surface area contributed by atoms with Crippen molar-refractivity contribution < 1.29 is 37.3 Å². The van der Waals surface area contributed by atoms with Gasteiger partial charge in [0.2, 0.25) is 0 Å². The van der Waals surface area contributed by atoms with E-state index in [0.717, 1.165) is 11.3 Å². The first-order valence-corrected chi connectivity index (χ1v) is 12.0. The predicted octanol–water partition coefficient (Wildman–Crippen LogP) is 5.57. The third-order valence-corrected chi connectivity index (χ3v) is 7.01. The lowest BCUT2D eigenvalue weighted by Gasteiger charge is -2.30. The number of hydrogen-bond acceptors (Lipinski definition) is 5. The average Bonchev–Trinajstić information content (AvgIpc) is 3.18. The zero-order valence-electron chi connectivity index (χ0n) is 19.8. The van der Waals surface area contributed by atoms with Gasteiger partial charge in [-0.2, -0.15) is 0 Å². The standard InChI is InChI=1S/C25H28F3NO5S/c1-5-16-12-18-19(35-16)11-10-17(22(30)29-21(23(31)32)24(2,3)4)20(18)33-13-14-6-8-15(9-7-14)34-25(26,27)28/h6-12,18-19,21H,5,13H2,1-4H3,(H,29,30)(H,31,32). The molecule has 0 fully saturated rings. The van der Waals surface area contributed by atoms with Gasteiger partial charge >= 0.3 is 12.3 Å². The van der Waals surface area contributed by atoms with E-state index in [4.69, 9.17) is 4.74 Å². The maximum absolute atomic E-state index is 13.2. The van der Waals surface area contributed by atoms with Crippen LogP contribution >= 0.6 is 11.8 Å². The molecule has 35 heavy (non-hydrogen) atoms. The summed E-state index contributed by atoms with van der Waals surface area (Å²) < 4.78 is 47.2. The van der Waals surface area contributed by atoms with Gasteiger partial charge in [-0.1, -0.05) is 52.0 Å². The van der Waals surface area contributed by atoms with Gasteiger partial charge in [-0.25, -0.2) is 4.79 Å². The van der Waals surface area contributed by atoms with Gasteiger partial charge in [0.25, 0.3) is 5.91 Å². The van der Waals surface area contributed by atoms with Crippen LogP contribution in [0.25, 0.3) is 0 Å². The van der Waals surface area contributed by atoms with Crippen molar-refractivity contribution in [3.05, 3.63) is 64.3 Å². The van der Waals surface area contributed by atoms with Crippen LogP contribution in [-0.2, 0) is 20.9 Å². The highest BCUT2D eigenvalue weighted by Crippen LogP contribution is 2.45. The maximum Gasteiger partial charge on any atom is 0.573 e. The molecule has 0 spiro atoms. The van der Waals surface area contributed by atoms with E-state index in [0.29, 0.717) is 11.3 Å². The van der Waals surface area contributed by atoms with Crippen molar-refractivity contribution in [1.29, 1.82) is 0 Å². The number of carbonyl (C=O) groups is 2. The SMILES string of the molecule is CCC1=CC2C(OCc3ccc(OC(F)(F)F)cc3)=C(C(=O)NC(C(=O)O)C(C)(C)C)C=CC2S1. The molecule has 1 aliphatic heterocycles. The molecule has 0 radical (unpaired) electrons. The van der Waals surface area contributed by atoms with Crippen molar-refractivity contribution in [3.8, 4) is 5.75 Å². The van der Waals surface area contributed by atoms with Crippen molar-refractivity contribution in [2.75, 3.05) is 0 Å². The fourth-order valence-corrected chi connectivity index (χ4v) is 5.04. The number of alkyl halides is 3. The van der Waals surface area contributed by atoms with Gasteiger partial charge in [0.15, 0.2) is 0 Å². The minimum absolute atomic E-state index is 0.0110. The summed E-state index contributed by atoms with van der Waals surface area (Å²) in [5.41, 5.74) is 0.0946. The number of nitrogens with one attached hydrogen (secondary N) is 1. The van der Waals surface area contributed by atoms with Crippen LogP contribution in [0.4, 0.5) is 13.2 Å². The molecule has 1 amide bonds. The number of fused-ring (bicyclic) bond motifs is 1. The average molecular weight is 512 g/mol. The number of hydrogen-bond donors (Lipinski definition) is 2. The Labute approximate surface area is 206 Å². The number of carboxylic acid groups (broad SMARTS) is 1. The molecule has 3 rings (SSSR count). The van der Waals surface area contributed by atoms with Gasteiger partial charge in [0.05, 0.1) is 11.5 Å². The molecule has 1 aromatic rings. The van der Waals surface area contributed by atoms with E-state index in [2.05, 4.69) is 10.1 Å². The summed E-state index contributed by atoms with van der Waals surface area (Å²) in [4.78, 5) is 26.1. The molecule has 10 heteroatoms. The fourth-order valence-electron chi connectivity index (χ4n) is 3.79. The summed E-state index contributed by atoms with van der Waals surface area (Å²) in [6.07, 6.45) is 1.64. The number of allylic oxidation sites excluding steroid dienone is 2. The van der Waals surface area contributed by atoms with Gasteiger partial charge in [-0.3, -0.25) is 4.79 Å². The second-order valence-electron chi connectivity index (χ2n) is 9.32. The lowest BCUT2D eigenvalue weighted by Crippen LogP contribution is -2.49. The zero-order chi connectivity index (χ0) is 26.0. The molecule has 190 valence electrons. The molecule has 0 bridgehead atoms. The largest absolute Gasteiger partial charge is 0.573 e. The van der Waals surface area contributed by atoms with Crippen molar-refractivity contribution in [3.63, 3.8) is 0 Å². The summed E-state index contributed by atoms with van der Waals surface area (Å²) in [7, 11) is 0. The third kappa shape index (κ3) is 6.84. The number of thioether (sulfide) groups is 1. The summed E-state index contributed by atoms with van der Waals surface area (Å²) >= 11 is 1.68. The Balaban J connectivity index is 1.86. The molecule has 0 aromatic heterocycles. The summed E-state index contributed by atoms with van der Waals surface area (Å²) in [5, 5.41) is 12.3. The lowest BCUT2D eigenvalue weighted by molar-refractivity contribution is -0.274. The molecular weight excluding hydrogens is 483 g/mol. The summed E-state index contributed by atoms with van der Waals surface area (Å²) in [5.74, 6) is -1.86. The number of benzene rings is 1. The van der Waals surface area contributed by atoms with Crippen LogP contribution in [0.1, 0.15) is 39.7 Å². The maximum atomic E-state index is 13.2. The topological polar surface area (TPSA) is 84.9 Å². The van der Waals surface area contributed by atoms with Crippen molar-refractivity contribution in [1.82, 2.24) is 5.32 Å². The van der Waals surface area contributed by atoms with E-state index in [1.807, 2.05) is 19.1 Å². The van der Waals surface area contributed by atoms with Crippen molar-refractivity contribution >= 4 is 23.6 Å².